The van der Waals surface area contributed by atoms with Crippen LogP contribution in [-0.4, -0.2) is 112 Å². The van der Waals surface area contributed by atoms with E-state index >= 15 is 0 Å². The van der Waals surface area contributed by atoms with Crippen molar-refractivity contribution in [3.05, 3.63) is 0 Å². The summed E-state index contributed by atoms with van der Waals surface area (Å²) in [5, 5.41) is 6.28. The van der Waals surface area contributed by atoms with E-state index in [4.69, 9.17) is 18.9 Å². The number of nitrogens with one attached hydrogen (secondary N) is 2. The first-order chi connectivity index (χ1) is 14.7. The van der Waals surface area contributed by atoms with Crippen molar-refractivity contribution >= 4 is 12.2 Å². The molecular weight excluding hydrogens is 416 g/mol. The van der Waals surface area contributed by atoms with E-state index in [1.165, 1.54) is 0 Å². The highest BCUT2D eigenvalue weighted by Gasteiger charge is 2.37. The lowest BCUT2D eigenvalue weighted by molar-refractivity contribution is 0.0243. The lowest BCUT2D eigenvalue weighted by atomic mass is 10.2. The van der Waals surface area contributed by atoms with Crippen LogP contribution in [0.5, 0.6) is 0 Å². The number of rotatable bonds is 4. The van der Waals surface area contributed by atoms with E-state index in [1.54, 1.807) is 24.0 Å². The summed E-state index contributed by atoms with van der Waals surface area (Å²) in [5.41, 5.74) is -0.894. The van der Waals surface area contributed by atoms with Crippen LogP contribution in [-0.2, 0) is 18.9 Å². The molecule has 0 aromatic carbocycles. The average Bonchev–Trinajstić information content (AvgIpc) is 3.29. The largest absolute Gasteiger partial charge is 0.444 e. The molecule has 0 aromatic rings. The van der Waals surface area contributed by atoms with Gasteiger partial charge in [0.1, 0.15) is 11.2 Å². The van der Waals surface area contributed by atoms with Crippen molar-refractivity contribution in [2.45, 2.75) is 77.0 Å². The highest BCUT2D eigenvalue weighted by molar-refractivity contribution is 5.69. The number of nitrogens with zero attached hydrogens (tertiary/aromatic N) is 2. The van der Waals surface area contributed by atoms with Gasteiger partial charge in [-0.2, -0.15) is 0 Å². The predicted molar refractivity (Wildman–Crippen MR) is 123 cm³/mol. The first-order valence-electron chi connectivity index (χ1n) is 11.1. The molecule has 2 aliphatic heterocycles. The van der Waals surface area contributed by atoms with Crippen LogP contribution in [0, 0.1) is 0 Å². The Hall–Kier alpha value is -1.62. The molecule has 0 unspecified atom stereocenters. The van der Waals surface area contributed by atoms with Gasteiger partial charge in [0.15, 0.2) is 0 Å². The van der Waals surface area contributed by atoms with Gasteiger partial charge in [0.2, 0.25) is 0 Å². The summed E-state index contributed by atoms with van der Waals surface area (Å²) in [7, 11) is 7.06. The van der Waals surface area contributed by atoms with E-state index in [1.807, 2.05) is 55.6 Å². The summed E-state index contributed by atoms with van der Waals surface area (Å²) < 4.78 is 21.2. The molecule has 4 atom stereocenters. The maximum Gasteiger partial charge on any atom is 0.410 e. The summed E-state index contributed by atoms with van der Waals surface area (Å²) in [6.45, 7) is 13.6. The zero-order chi connectivity index (χ0) is 24.7. The second kappa shape index (κ2) is 12.0. The van der Waals surface area contributed by atoms with Gasteiger partial charge in [-0.3, -0.25) is 0 Å². The topological polar surface area (TPSA) is 102 Å². The SMILES string of the molecule is CN[C@@H]1CN(C(=O)OC(C)(C)C)C[C@H]1OC.CN[C@H]1CN(C(=O)OC(C)(C)C)C[C@@H]1OC. The third-order valence-corrected chi connectivity index (χ3v) is 5.18. The maximum absolute atomic E-state index is 11.8. The third kappa shape index (κ3) is 9.09. The van der Waals surface area contributed by atoms with Crippen LogP contribution in [0.3, 0.4) is 0 Å². The van der Waals surface area contributed by atoms with Crippen molar-refractivity contribution in [2.75, 3.05) is 54.5 Å². The molecule has 2 rings (SSSR count). The molecule has 0 spiro atoms. The number of methoxy groups -OCH3 is 2. The van der Waals surface area contributed by atoms with Crippen molar-refractivity contribution < 1.29 is 28.5 Å². The van der Waals surface area contributed by atoms with Gasteiger partial charge < -0.3 is 39.4 Å². The van der Waals surface area contributed by atoms with Gasteiger partial charge in [-0.1, -0.05) is 0 Å². The van der Waals surface area contributed by atoms with Crippen molar-refractivity contribution in [1.82, 2.24) is 20.4 Å². The Morgan fingerprint density at radius 1 is 0.688 bits per heavy atom. The quantitative estimate of drug-likeness (QED) is 0.654. The number of carbonyl (C=O) groups is 2. The summed E-state index contributed by atoms with van der Waals surface area (Å²) in [6, 6.07) is 0.357. The van der Waals surface area contributed by atoms with Crippen LogP contribution in [0.4, 0.5) is 9.59 Å². The van der Waals surface area contributed by atoms with Crippen LogP contribution >= 0.6 is 0 Å². The molecule has 10 heteroatoms. The summed E-state index contributed by atoms with van der Waals surface area (Å²) >= 11 is 0. The second-order valence-electron chi connectivity index (χ2n) is 10.1. The third-order valence-electron chi connectivity index (χ3n) is 5.18. The van der Waals surface area contributed by atoms with E-state index in [0.29, 0.717) is 26.2 Å². The Kier molecular flexibility index (Phi) is 10.7. The predicted octanol–water partition coefficient (Wildman–Crippen LogP) is 1.68. The van der Waals surface area contributed by atoms with E-state index in [0.717, 1.165) is 0 Å². The molecule has 2 aliphatic rings. The zero-order valence-corrected chi connectivity index (χ0v) is 21.5. The van der Waals surface area contributed by atoms with Crippen LogP contribution in [0.2, 0.25) is 0 Å². The minimum atomic E-state index is -0.447. The van der Waals surface area contributed by atoms with E-state index < -0.39 is 11.2 Å². The number of hydrogen-bond acceptors (Lipinski definition) is 8. The Balaban J connectivity index is 0.000000320. The van der Waals surface area contributed by atoms with Crippen molar-refractivity contribution in [3.8, 4) is 0 Å². The lowest BCUT2D eigenvalue weighted by Crippen LogP contribution is -2.38. The molecule has 10 nitrogen and oxygen atoms in total. The molecule has 32 heavy (non-hydrogen) atoms. The lowest BCUT2D eigenvalue weighted by Gasteiger charge is -2.24. The van der Waals surface area contributed by atoms with Crippen LogP contribution < -0.4 is 10.6 Å². The molecule has 0 bridgehead atoms. The molecule has 0 aliphatic carbocycles. The molecule has 0 radical (unpaired) electrons. The van der Waals surface area contributed by atoms with Gasteiger partial charge in [-0.15, -0.1) is 0 Å². The summed E-state index contributed by atoms with van der Waals surface area (Å²) in [4.78, 5) is 27.0. The van der Waals surface area contributed by atoms with Crippen molar-refractivity contribution in [1.29, 1.82) is 0 Å². The Bertz CT molecular complexity index is 528. The van der Waals surface area contributed by atoms with E-state index in [2.05, 4.69) is 10.6 Å². The number of carbonyl (C=O) groups excluding carboxylic acids is 2. The van der Waals surface area contributed by atoms with Gasteiger partial charge in [0.05, 0.1) is 37.4 Å². The van der Waals surface area contributed by atoms with E-state index in [9.17, 15) is 9.59 Å². The number of ether oxygens (including phenoxy) is 4. The van der Waals surface area contributed by atoms with Crippen LogP contribution in [0.1, 0.15) is 41.5 Å². The van der Waals surface area contributed by atoms with Crippen LogP contribution in [0.25, 0.3) is 0 Å². The van der Waals surface area contributed by atoms with Gasteiger partial charge in [0.25, 0.3) is 0 Å². The number of amides is 2. The smallest absolute Gasteiger partial charge is 0.410 e. The van der Waals surface area contributed by atoms with Gasteiger partial charge in [-0.05, 0) is 55.6 Å². The van der Waals surface area contributed by atoms with Crippen molar-refractivity contribution in [3.63, 3.8) is 0 Å². The maximum atomic E-state index is 11.8. The summed E-state index contributed by atoms with van der Waals surface area (Å²) in [5.74, 6) is 0. The highest BCUT2D eigenvalue weighted by atomic mass is 16.6. The monoisotopic (exact) mass is 460 g/mol. The van der Waals surface area contributed by atoms with Gasteiger partial charge in [-0.25, -0.2) is 9.59 Å². The van der Waals surface area contributed by atoms with E-state index in [-0.39, 0.29) is 36.5 Å². The fourth-order valence-corrected chi connectivity index (χ4v) is 3.53. The number of likely N-dealkylation sites (N-methyl/N-ethyl adjacent to an activating group) is 2. The molecule has 2 amide bonds. The Morgan fingerprint density at radius 3 is 1.19 bits per heavy atom. The zero-order valence-electron chi connectivity index (χ0n) is 21.5. The molecule has 0 saturated carbocycles. The fourth-order valence-electron chi connectivity index (χ4n) is 3.53. The minimum absolute atomic E-state index is 0.0394. The standard InChI is InChI=1S/2C11H22N2O3/c2*1-11(2,3)16-10(14)13-6-8(12-4)9(7-13)15-5/h2*8-9,12H,6-7H2,1-5H3/t2*8-,9-/m10/s1. The highest BCUT2D eigenvalue weighted by Crippen LogP contribution is 2.18. The first kappa shape index (κ1) is 28.4. The minimum Gasteiger partial charge on any atom is -0.444 e. The van der Waals surface area contributed by atoms with Crippen molar-refractivity contribution in [2.24, 2.45) is 0 Å². The average molecular weight is 461 g/mol. The molecule has 188 valence electrons. The summed E-state index contributed by atoms with van der Waals surface area (Å²) in [6.07, 6.45) is -0.463. The molecule has 2 saturated heterocycles. The number of hydrogen-bond donors (Lipinski definition) is 2. The molecule has 2 N–H and O–H groups in total. The Morgan fingerprint density at radius 2 is 1.00 bits per heavy atom. The number of likely N-dealkylation sites (tertiary alicyclic amines) is 2. The Labute approximate surface area is 193 Å². The van der Waals surface area contributed by atoms with Gasteiger partial charge in [0, 0.05) is 27.3 Å². The molecule has 0 aromatic heterocycles. The van der Waals surface area contributed by atoms with Crippen LogP contribution in [0.15, 0.2) is 0 Å². The normalized spacial score (nSPS) is 25.9. The molecule has 2 heterocycles. The fraction of sp³-hybridized carbons (Fsp3) is 0.909. The molecular formula is C22H44N4O6. The molecule has 2 fully saturated rings. The second-order valence-corrected chi connectivity index (χ2v) is 10.1. The first-order valence-corrected chi connectivity index (χ1v) is 11.1. The van der Waals surface area contributed by atoms with Gasteiger partial charge >= 0.3 is 12.2 Å².